The van der Waals surface area contributed by atoms with Gasteiger partial charge < -0.3 is 15.5 Å². The Kier molecular flexibility index (Phi) is 7.23. The molecule has 0 unspecified atom stereocenters. The largest absolute Gasteiger partial charge is 0.370 e. The minimum absolute atomic E-state index is 0.0127. The van der Waals surface area contributed by atoms with Crippen LogP contribution in [-0.2, 0) is 14.8 Å². The van der Waals surface area contributed by atoms with Crippen molar-refractivity contribution in [2.75, 3.05) is 41.7 Å². The van der Waals surface area contributed by atoms with Crippen LogP contribution in [-0.4, -0.2) is 50.7 Å². The number of hydrogen-bond acceptors (Lipinski definition) is 5. The van der Waals surface area contributed by atoms with Crippen LogP contribution in [0, 0.1) is 5.92 Å². The Balaban J connectivity index is 1.58. The van der Waals surface area contributed by atoms with Crippen molar-refractivity contribution in [1.29, 1.82) is 0 Å². The van der Waals surface area contributed by atoms with E-state index in [1.54, 1.807) is 56.3 Å². The lowest BCUT2D eigenvalue weighted by molar-refractivity contribution is -0.117. The minimum Gasteiger partial charge on any atom is -0.370 e. The van der Waals surface area contributed by atoms with Crippen LogP contribution in [0.15, 0.2) is 47.4 Å². The molecule has 1 aliphatic heterocycles. The summed E-state index contributed by atoms with van der Waals surface area (Å²) in [5, 5.41) is 5.79. The van der Waals surface area contributed by atoms with Crippen molar-refractivity contribution in [2.45, 2.75) is 44.4 Å². The topological polar surface area (TPSA) is 98.8 Å². The molecule has 2 N–H and O–H groups in total. The fourth-order valence-corrected chi connectivity index (χ4v) is 5.70. The zero-order valence-electron chi connectivity index (χ0n) is 19.7. The van der Waals surface area contributed by atoms with Gasteiger partial charge in [0, 0.05) is 43.3 Å². The molecular weight excluding hydrogens is 452 g/mol. The summed E-state index contributed by atoms with van der Waals surface area (Å²) >= 11 is 0. The second-order valence-corrected chi connectivity index (χ2v) is 10.7. The van der Waals surface area contributed by atoms with Gasteiger partial charge in [0.15, 0.2) is 0 Å². The molecule has 1 saturated heterocycles. The SMILES string of the molecule is CCN(CC)S(=O)(=O)c1ccc(N2CCCC2)c(NC(=O)c2ccc(NC(=O)C3CC3)cc2)c1. The first kappa shape index (κ1) is 24.2. The Hall–Kier alpha value is -2.91. The van der Waals surface area contributed by atoms with Crippen molar-refractivity contribution in [3.63, 3.8) is 0 Å². The van der Waals surface area contributed by atoms with Crippen LogP contribution in [0.1, 0.15) is 49.9 Å². The third-order valence-corrected chi connectivity index (χ3v) is 8.41. The molecule has 182 valence electrons. The van der Waals surface area contributed by atoms with Gasteiger partial charge in [-0.25, -0.2) is 8.42 Å². The van der Waals surface area contributed by atoms with E-state index < -0.39 is 10.0 Å². The lowest BCUT2D eigenvalue weighted by atomic mass is 10.1. The van der Waals surface area contributed by atoms with E-state index >= 15 is 0 Å². The predicted octanol–water partition coefficient (Wildman–Crippen LogP) is 3.92. The minimum atomic E-state index is -3.66. The van der Waals surface area contributed by atoms with Gasteiger partial charge >= 0.3 is 0 Å². The van der Waals surface area contributed by atoms with Crippen molar-refractivity contribution >= 4 is 38.9 Å². The second kappa shape index (κ2) is 10.1. The van der Waals surface area contributed by atoms with E-state index in [1.807, 2.05) is 0 Å². The summed E-state index contributed by atoms with van der Waals surface area (Å²) in [4.78, 5) is 27.3. The van der Waals surface area contributed by atoms with Crippen LogP contribution < -0.4 is 15.5 Å². The summed E-state index contributed by atoms with van der Waals surface area (Å²) in [7, 11) is -3.66. The molecule has 1 heterocycles. The number of nitrogens with zero attached hydrogens (tertiary/aromatic N) is 2. The van der Waals surface area contributed by atoms with Crippen LogP contribution in [0.4, 0.5) is 17.1 Å². The van der Waals surface area contributed by atoms with Crippen molar-refractivity contribution in [1.82, 2.24) is 4.31 Å². The molecule has 34 heavy (non-hydrogen) atoms. The van der Waals surface area contributed by atoms with E-state index in [1.165, 1.54) is 4.31 Å². The number of carbonyl (C=O) groups excluding carboxylic acids is 2. The van der Waals surface area contributed by atoms with Gasteiger partial charge in [-0.3, -0.25) is 9.59 Å². The molecule has 0 aromatic heterocycles. The standard InChI is InChI=1S/C25H32N4O4S/c1-3-29(4-2)34(32,33)21-13-14-23(28-15-5-6-16-28)22(17-21)27-25(31)19-9-11-20(12-10-19)26-24(30)18-7-8-18/h9-14,17-18H,3-8,15-16H2,1-2H3,(H,26,30)(H,27,31). The van der Waals surface area contributed by atoms with Crippen molar-refractivity contribution < 1.29 is 18.0 Å². The molecule has 8 nitrogen and oxygen atoms in total. The number of rotatable bonds is 9. The molecular formula is C25H32N4O4S. The fourth-order valence-electron chi connectivity index (χ4n) is 4.21. The van der Waals surface area contributed by atoms with E-state index in [0.717, 1.165) is 44.5 Å². The lowest BCUT2D eigenvalue weighted by Gasteiger charge is -2.24. The normalized spacial score (nSPS) is 16.0. The Morgan fingerprint density at radius 2 is 1.62 bits per heavy atom. The summed E-state index contributed by atoms with van der Waals surface area (Å²) in [6, 6.07) is 11.7. The number of benzene rings is 2. The third-order valence-electron chi connectivity index (χ3n) is 6.37. The summed E-state index contributed by atoms with van der Waals surface area (Å²) in [5.41, 5.74) is 2.37. The zero-order valence-corrected chi connectivity index (χ0v) is 20.5. The molecule has 0 bridgehead atoms. The van der Waals surface area contributed by atoms with Gasteiger partial charge in [0.05, 0.1) is 16.3 Å². The van der Waals surface area contributed by atoms with E-state index in [-0.39, 0.29) is 22.6 Å². The molecule has 2 amide bonds. The first-order chi connectivity index (χ1) is 16.3. The maximum atomic E-state index is 13.1. The van der Waals surface area contributed by atoms with Gasteiger partial charge in [-0.05, 0) is 68.1 Å². The molecule has 2 aromatic rings. The zero-order chi connectivity index (χ0) is 24.3. The van der Waals surface area contributed by atoms with Crippen LogP contribution in [0.2, 0.25) is 0 Å². The highest BCUT2D eigenvalue weighted by molar-refractivity contribution is 7.89. The molecule has 0 atom stereocenters. The number of nitrogens with one attached hydrogen (secondary N) is 2. The van der Waals surface area contributed by atoms with Crippen LogP contribution in [0.25, 0.3) is 0 Å². The Labute approximate surface area is 201 Å². The lowest BCUT2D eigenvalue weighted by Crippen LogP contribution is -2.31. The van der Waals surface area contributed by atoms with Crippen LogP contribution in [0.5, 0.6) is 0 Å². The van der Waals surface area contributed by atoms with Gasteiger partial charge in [0.25, 0.3) is 5.91 Å². The summed E-state index contributed by atoms with van der Waals surface area (Å²) in [5.74, 6) is -0.219. The maximum Gasteiger partial charge on any atom is 0.255 e. The van der Waals surface area contributed by atoms with Crippen LogP contribution >= 0.6 is 0 Å². The molecule has 1 aliphatic carbocycles. The molecule has 0 spiro atoms. The molecule has 2 aliphatic rings. The number of anilines is 3. The average molecular weight is 485 g/mol. The van der Waals surface area contributed by atoms with E-state index in [2.05, 4.69) is 15.5 Å². The van der Waals surface area contributed by atoms with Gasteiger partial charge in [0.2, 0.25) is 15.9 Å². The Morgan fingerprint density at radius 3 is 2.21 bits per heavy atom. The molecule has 9 heteroatoms. The smallest absolute Gasteiger partial charge is 0.255 e. The van der Waals surface area contributed by atoms with Crippen LogP contribution in [0.3, 0.4) is 0 Å². The predicted molar refractivity (Wildman–Crippen MR) is 134 cm³/mol. The fraction of sp³-hybridized carbons (Fsp3) is 0.440. The van der Waals surface area contributed by atoms with Crippen molar-refractivity contribution in [3.05, 3.63) is 48.0 Å². The summed E-state index contributed by atoms with van der Waals surface area (Å²) < 4.78 is 27.6. The molecule has 4 rings (SSSR count). The van der Waals surface area contributed by atoms with E-state index in [9.17, 15) is 18.0 Å². The van der Waals surface area contributed by atoms with Gasteiger partial charge in [-0.2, -0.15) is 4.31 Å². The molecule has 2 aromatic carbocycles. The Morgan fingerprint density at radius 1 is 0.971 bits per heavy atom. The van der Waals surface area contributed by atoms with E-state index in [0.29, 0.717) is 30.0 Å². The average Bonchev–Trinajstić information content (AvgIpc) is 3.55. The second-order valence-electron chi connectivity index (χ2n) is 8.76. The highest BCUT2D eigenvalue weighted by Gasteiger charge is 2.29. The van der Waals surface area contributed by atoms with E-state index in [4.69, 9.17) is 0 Å². The maximum absolute atomic E-state index is 13.1. The molecule has 2 fully saturated rings. The van der Waals surface area contributed by atoms with Gasteiger partial charge in [0.1, 0.15) is 0 Å². The van der Waals surface area contributed by atoms with Gasteiger partial charge in [-0.1, -0.05) is 13.8 Å². The van der Waals surface area contributed by atoms with Crippen molar-refractivity contribution in [2.24, 2.45) is 5.92 Å². The number of hydrogen-bond donors (Lipinski definition) is 2. The summed E-state index contributed by atoms with van der Waals surface area (Å²) in [6.07, 6.45) is 3.96. The quantitative estimate of drug-likeness (QED) is 0.562. The monoisotopic (exact) mass is 484 g/mol. The molecule has 1 saturated carbocycles. The third kappa shape index (κ3) is 5.26. The number of carbonyl (C=O) groups is 2. The molecule has 0 radical (unpaired) electrons. The first-order valence-corrected chi connectivity index (χ1v) is 13.4. The highest BCUT2D eigenvalue weighted by Crippen LogP contribution is 2.33. The Bertz CT molecular complexity index is 1150. The summed E-state index contributed by atoms with van der Waals surface area (Å²) in [6.45, 7) is 6.08. The number of amides is 2. The first-order valence-electron chi connectivity index (χ1n) is 11.9. The van der Waals surface area contributed by atoms with Gasteiger partial charge in [-0.15, -0.1) is 0 Å². The van der Waals surface area contributed by atoms with Crippen molar-refractivity contribution in [3.8, 4) is 0 Å². The number of sulfonamides is 1. The highest BCUT2D eigenvalue weighted by atomic mass is 32.2.